The van der Waals surface area contributed by atoms with Gasteiger partial charge in [-0.05, 0) is 94.6 Å². The number of ether oxygens (including phenoxy) is 2. The fourth-order valence-electron chi connectivity index (χ4n) is 8.38. The first-order valence-corrected chi connectivity index (χ1v) is 26.0. The van der Waals surface area contributed by atoms with E-state index in [0.29, 0.717) is 22.6 Å². The van der Waals surface area contributed by atoms with Gasteiger partial charge in [0.2, 0.25) is 5.91 Å². The van der Waals surface area contributed by atoms with Gasteiger partial charge in [0.25, 0.3) is 11.8 Å². The number of likely N-dealkylation sites (N-methyl/N-ethyl adjacent to an activating group) is 1. The number of likely N-dealkylation sites (tertiary alicyclic amines) is 1. The number of hydrogen-bond acceptors (Lipinski definition) is 14. The Labute approximate surface area is 431 Å². The summed E-state index contributed by atoms with van der Waals surface area (Å²) in [6.45, 7) is 11.7. The van der Waals surface area contributed by atoms with Crippen LogP contribution in [0.1, 0.15) is 126 Å². The Hall–Kier alpha value is -4.57. The number of nitrogens with one attached hydrogen (secondary N) is 2. The van der Waals surface area contributed by atoms with Crippen molar-refractivity contribution >= 4 is 90.4 Å². The number of piperidine rings is 1. The second-order valence-corrected chi connectivity index (χ2v) is 20.9. The summed E-state index contributed by atoms with van der Waals surface area (Å²) >= 11 is 6.82. The number of carbonyl (C=O) groups excluding carboxylic acids is 6. The summed E-state index contributed by atoms with van der Waals surface area (Å²) in [7, 11) is 3.67. The largest absolute Gasteiger partial charge is 0.508 e. The number of aromatic nitrogens is 1. The van der Waals surface area contributed by atoms with Gasteiger partial charge in [-0.1, -0.05) is 59.6 Å². The minimum absolute atomic E-state index is 0.0104. The molecule has 2 heterocycles. The Balaban J connectivity index is 1.73. The highest BCUT2D eigenvalue weighted by molar-refractivity contribution is 9.14. The predicted molar refractivity (Wildman–Crippen MR) is 270 cm³/mol. The first-order valence-electron chi connectivity index (χ1n) is 23.6. The van der Waals surface area contributed by atoms with E-state index in [-0.39, 0.29) is 114 Å². The number of amides is 3. The van der Waals surface area contributed by atoms with E-state index < -0.39 is 59.7 Å². The lowest BCUT2D eigenvalue weighted by Gasteiger charge is -2.37. The summed E-state index contributed by atoms with van der Waals surface area (Å²) in [6.07, 6.45) is 2.87. The number of ketones is 2. The number of nitrogens with zero attached hydrogens (tertiary/aromatic N) is 3. The van der Waals surface area contributed by atoms with Crippen molar-refractivity contribution in [3.63, 3.8) is 0 Å². The highest BCUT2D eigenvalue weighted by Gasteiger charge is 2.38. The number of phenols is 1. The fourth-order valence-corrected chi connectivity index (χ4v) is 9.71. The molecule has 0 saturated carbocycles. The zero-order chi connectivity index (χ0) is 52.4. The quantitative estimate of drug-likeness (QED) is 0.0326. The summed E-state index contributed by atoms with van der Waals surface area (Å²) in [5.41, 5.74) is 0.936. The number of Topliss-reactive ketones (excluding diaryl/α,β-unsaturated/α-hetero) is 2. The molecule has 1 aromatic carbocycles. The van der Waals surface area contributed by atoms with Crippen LogP contribution in [0, 0.1) is 23.7 Å². The molecule has 1 aromatic heterocycles. The van der Waals surface area contributed by atoms with Gasteiger partial charge in [0.05, 0.1) is 25.2 Å². The third-order valence-corrected chi connectivity index (χ3v) is 15.6. The number of rotatable bonds is 29. The monoisotopic (exact) mass is 1130 g/mol. The van der Waals surface area contributed by atoms with Crippen molar-refractivity contribution in [2.45, 2.75) is 130 Å². The molecule has 2 aromatic rings. The highest BCUT2D eigenvalue weighted by Crippen LogP contribution is 2.33. The molecule has 1 aliphatic rings. The normalized spacial score (nSPS) is 17.0. The van der Waals surface area contributed by atoms with E-state index in [9.17, 15) is 48.6 Å². The van der Waals surface area contributed by atoms with Gasteiger partial charge >= 0.3 is 17.9 Å². The Morgan fingerprint density at radius 1 is 1.00 bits per heavy atom. The van der Waals surface area contributed by atoms with Crippen molar-refractivity contribution in [3.8, 4) is 5.75 Å². The molecule has 1 saturated heterocycles. The number of carboxylic acid groups (broad SMARTS) is 2. The molecule has 7 atom stereocenters. The summed E-state index contributed by atoms with van der Waals surface area (Å²) in [6, 6.07) is 3.27. The van der Waals surface area contributed by atoms with Crippen LogP contribution in [0.3, 0.4) is 0 Å². The first-order chi connectivity index (χ1) is 32.9. The maximum atomic E-state index is 14.4. The molecule has 3 rings (SSSR count). The van der Waals surface area contributed by atoms with Crippen molar-refractivity contribution < 1.29 is 63.1 Å². The van der Waals surface area contributed by atoms with Crippen molar-refractivity contribution in [1.82, 2.24) is 25.4 Å². The van der Waals surface area contributed by atoms with Gasteiger partial charge in [0.1, 0.15) is 31.2 Å². The average Bonchev–Trinajstić information content (AvgIpc) is 3.81. The summed E-state index contributed by atoms with van der Waals surface area (Å²) in [5.74, 6) is -6.28. The molecule has 3 amide bonds. The van der Waals surface area contributed by atoms with Gasteiger partial charge in [0, 0.05) is 75.1 Å². The molecular weight excluding hydrogens is 1060 g/mol. The molecule has 1 unspecified atom stereocenters. The molecule has 18 nitrogen and oxygen atoms in total. The second kappa shape index (κ2) is 29.1. The summed E-state index contributed by atoms with van der Waals surface area (Å²) in [5, 5.41) is 36.7. The lowest BCUT2D eigenvalue weighted by Crippen LogP contribution is -2.48. The maximum absolute atomic E-state index is 14.4. The Bertz CT molecular complexity index is 2200. The topological polar surface area (TPSA) is 259 Å². The standard InChI is InChI=1S/C49H69Br2N5O13S/c1-9-28(4)35(24-40(60)37-12-10-11-17-55(37)7)47(63)56(8)38(27(2)3)25-41(69-30(6)57)46-54-36(26-70-46)44(61)53-33(20-29(5)48(64)65)22-31-13-14-39(59)32(21-31)23-34(58)15-18-68-19-16-52-45(62)42(50)43(51)49(66)67/h13-14,21,26-29,33,35,37-38,41,59H,9-12,15-20,22-25H2,1-8H3,(H,52,62)(H,53,61)(H,64,65)(H,66,67)/b43-42-/t28-,29?,33+,35-,37+,38+,41+/m0/s1. The number of carbonyl (C=O) groups is 8. The smallest absolute Gasteiger partial charge is 0.344 e. The molecule has 0 aliphatic carbocycles. The Morgan fingerprint density at radius 2 is 1.70 bits per heavy atom. The average molecular weight is 1130 g/mol. The van der Waals surface area contributed by atoms with Crippen LogP contribution < -0.4 is 10.6 Å². The number of phenolic OH excluding ortho intramolecular Hbond substituents is 1. The van der Waals surface area contributed by atoms with Crippen LogP contribution in [0.2, 0.25) is 0 Å². The zero-order valence-electron chi connectivity index (χ0n) is 41.3. The van der Waals surface area contributed by atoms with Crippen LogP contribution in [-0.4, -0.2) is 136 Å². The fraction of sp³-hybridized carbons (Fsp3) is 0.612. The number of aromatic hydroxyl groups is 1. The van der Waals surface area contributed by atoms with E-state index >= 15 is 0 Å². The molecule has 5 N–H and O–H groups in total. The van der Waals surface area contributed by atoms with E-state index in [1.165, 1.54) is 25.3 Å². The maximum Gasteiger partial charge on any atom is 0.344 e. The molecule has 0 radical (unpaired) electrons. The van der Waals surface area contributed by atoms with Gasteiger partial charge in [-0.3, -0.25) is 38.5 Å². The minimum atomic E-state index is -1.32. The highest BCUT2D eigenvalue weighted by atomic mass is 79.9. The van der Waals surface area contributed by atoms with E-state index in [1.807, 2.05) is 34.7 Å². The van der Waals surface area contributed by atoms with Crippen LogP contribution in [0.4, 0.5) is 0 Å². The van der Waals surface area contributed by atoms with Gasteiger partial charge in [-0.15, -0.1) is 11.3 Å². The van der Waals surface area contributed by atoms with Crippen molar-refractivity contribution in [3.05, 3.63) is 54.4 Å². The Kier molecular flexibility index (Phi) is 24.8. The van der Waals surface area contributed by atoms with Gasteiger partial charge in [-0.25, -0.2) is 9.78 Å². The summed E-state index contributed by atoms with van der Waals surface area (Å²) in [4.78, 5) is 111. The third kappa shape index (κ3) is 18.6. The van der Waals surface area contributed by atoms with E-state index in [0.717, 1.165) is 37.1 Å². The molecule has 0 spiro atoms. The number of esters is 1. The number of halogens is 2. The molecule has 1 fully saturated rings. The van der Waals surface area contributed by atoms with Gasteiger partial charge < -0.3 is 40.3 Å². The van der Waals surface area contributed by atoms with Gasteiger partial charge in [0.15, 0.2) is 11.9 Å². The van der Waals surface area contributed by atoms with Crippen LogP contribution >= 0.6 is 43.2 Å². The molecule has 1 aliphatic heterocycles. The molecule has 70 heavy (non-hydrogen) atoms. The Morgan fingerprint density at radius 3 is 2.31 bits per heavy atom. The molecule has 0 bridgehead atoms. The number of benzene rings is 1. The number of hydrogen-bond donors (Lipinski definition) is 5. The van der Waals surface area contributed by atoms with Crippen LogP contribution in [-0.2, 0) is 55.9 Å². The van der Waals surface area contributed by atoms with Crippen molar-refractivity contribution in [2.75, 3.05) is 40.4 Å². The van der Waals surface area contributed by atoms with E-state index in [4.69, 9.17) is 14.6 Å². The van der Waals surface area contributed by atoms with Crippen LogP contribution in [0.15, 0.2) is 32.5 Å². The first kappa shape index (κ1) is 59.7. The van der Waals surface area contributed by atoms with E-state index in [2.05, 4.69) is 52.4 Å². The number of thiazole rings is 1. The van der Waals surface area contributed by atoms with Crippen molar-refractivity contribution in [2.24, 2.45) is 23.7 Å². The lowest BCUT2D eigenvalue weighted by molar-refractivity contribution is -0.149. The number of aliphatic carboxylic acids is 2. The lowest BCUT2D eigenvalue weighted by atomic mass is 9.83. The molecular formula is C49H69Br2N5O13S. The van der Waals surface area contributed by atoms with Crippen molar-refractivity contribution in [1.29, 1.82) is 0 Å². The number of carboxylic acids is 2. The van der Waals surface area contributed by atoms with Crippen LogP contribution in [0.25, 0.3) is 0 Å². The SMILES string of the molecule is CC[C@H](C)[C@H](CC(=O)[C@H]1CCCCN1C)C(=O)N(C)[C@H](C[C@@H](OC(C)=O)c1nc(C(=O)N[C@@H](Cc2ccc(O)c(CC(=O)CCOCCNC(=O)/C(Br)=C(/Br)C(=O)O)c2)CC(C)C(=O)O)cs1)C(C)C. The predicted octanol–water partition coefficient (Wildman–Crippen LogP) is 6.60. The zero-order valence-corrected chi connectivity index (χ0v) is 45.2. The second-order valence-electron chi connectivity index (χ2n) is 18.4. The van der Waals surface area contributed by atoms with Gasteiger partial charge in [-0.2, -0.15) is 0 Å². The van der Waals surface area contributed by atoms with Crippen LogP contribution in [0.5, 0.6) is 5.75 Å². The summed E-state index contributed by atoms with van der Waals surface area (Å²) < 4.78 is 10.7. The minimum Gasteiger partial charge on any atom is -0.508 e. The third-order valence-electron chi connectivity index (χ3n) is 12.7. The molecule has 388 valence electrons. The molecule has 21 heteroatoms. The van der Waals surface area contributed by atoms with E-state index in [1.54, 1.807) is 24.1 Å².